The largest absolute Gasteiger partial charge is 0.478 e. The number of benzene rings is 1. The van der Waals surface area contributed by atoms with Gasteiger partial charge in [-0.05, 0) is 24.3 Å². The van der Waals surface area contributed by atoms with Crippen LogP contribution in [0.5, 0.6) is 0 Å². The van der Waals surface area contributed by atoms with Crippen LogP contribution in [0.1, 0.15) is 10.4 Å². The molecule has 1 aliphatic rings. The van der Waals surface area contributed by atoms with Crippen molar-refractivity contribution >= 4 is 17.6 Å². The summed E-state index contributed by atoms with van der Waals surface area (Å²) in [4.78, 5) is 10.8. The highest BCUT2D eigenvalue weighted by Gasteiger charge is 2.21. The van der Waals surface area contributed by atoms with Crippen molar-refractivity contribution in [1.82, 2.24) is 5.01 Å². The third-order valence-electron chi connectivity index (χ3n) is 2.86. The van der Waals surface area contributed by atoms with E-state index in [0.29, 0.717) is 32.0 Å². The molecule has 1 heterocycles. The van der Waals surface area contributed by atoms with Gasteiger partial charge in [0.25, 0.3) is 0 Å². The summed E-state index contributed by atoms with van der Waals surface area (Å²) < 4.78 is 5.26. The van der Waals surface area contributed by atoms with Gasteiger partial charge < -0.3 is 15.6 Å². The smallest absolute Gasteiger partial charge is 0.335 e. The Morgan fingerprint density at radius 2 is 1.89 bits per heavy atom. The minimum Gasteiger partial charge on any atom is -0.478 e. The summed E-state index contributed by atoms with van der Waals surface area (Å²) in [6, 6.07) is 6.27. The fourth-order valence-electron chi connectivity index (χ4n) is 1.95. The van der Waals surface area contributed by atoms with E-state index in [9.17, 15) is 4.79 Å². The third kappa shape index (κ3) is 3.01. The number of carboxylic acids is 1. The van der Waals surface area contributed by atoms with Crippen molar-refractivity contribution in [3.63, 3.8) is 0 Å². The first-order chi connectivity index (χ1) is 9.09. The van der Waals surface area contributed by atoms with Crippen LogP contribution in [-0.4, -0.2) is 48.3 Å². The monoisotopic (exact) mass is 264 g/mol. The van der Waals surface area contributed by atoms with Crippen LogP contribution in [0.3, 0.4) is 0 Å². The molecule has 0 aromatic heterocycles. The van der Waals surface area contributed by atoms with Gasteiger partial charge in [0.15, 0.2) is 0 Å². The Bertz CT molecular complexity index is 468. The van der Waals surface area contributed by atoms with Crippen molar-refractivity contribution in [2.75, 3.05) is 31.3 Å². The molecule has 4 N–H and O–H groups in total. The van der Waals surface area contributed by atoms with E-state index in [1.807, 2.05) is 5.01 Å². The first-order valence-corrected chi connectivity index (χ1v) is 5.89. The zero-order chi connectivity index (χ0) is 13.8. The molecule has 0 amide bonds. The summed E-state index contributed by atoms with van der Waals surface area (Å²) in [6.45, 7) is 2.44. The van der Waals surface area contributed by atoms with Gasteiger partial charge >= 0.3 is 5.97 Å². The maximum absolute atomic E-state index is 10.8. The number of rotatable bonds is 3. The fourth-order valence-corrected chi connectivity index (χ4v) is 1.95. The minimum atomic E-state index is -0.979. The van der Waals surface area contributed by atoms with E-state index in [1.54, 1.807) is 17.1 Å². The van der Waals surface area contributed by atoms with Crippen LogP contribution in [0.2, 0.25) is 0 Å². The normalized spacial score (nSPS) is 16.0. The van der Waals surface area contributed by atoms with E-state index in [0.717, 1.165) is 0 Å². The Morgan fingerprint density at radius 3 is 2.37 bits per heavy atom. The lowest BCUT2D eigenvalue weighted by Crippen LogP contribution is -2.54. The molecule has 0 spiro atoms. The standard InChI is InChI=1S/C12H16N4O3/c13-12(14)16(15-5-7-19-8-6-15)10-3-1-9(2-4-10)11(17)18/h1-4H,5-8H2,(H3,13,14)(H,17,18). The van der Waals surface area contributed by atoms with Gasteiger partial charge in [0, 0.05) is 13.1 Å². The third-order valence-corrected chi connectivity index (χ3v) is 2.86. The molecule has 2 rings (SSSR count). The molecule has 0 unspecified atom stereocenters. The first-order valence-electron chi connectivity index (χ1n) is 5.89. The molecule has 7 nitrogen and oxygen atoms in total. The second-order valence-corrected chi connectivity index (χ2v) is 4.12. The number of carbonyl (C=O) groups is 1. The maximum Gasteiger partial charge on any atom is 0.335 e. The number of morpholine rings is 1. The second-order valence-electron chi connectivity index (χ2n) is 4.12. The first kappa shape index (κ1) is 13.3. The molecular weight excluding hydrogens is 248 g/mol. The van der Waals surface area contributed by atoms with Crippen molar-refractivity contribution in [3.8, 4) is 0 Å². The van der Waals surface area contributed by atoms with E-state index in [-0.39, 0.29) is 11.5 Å². The molecule has 0 radical (unpaired) electrons. The van der Waals surface area contributed by atoms with Gasteiger partial charge in [-0.2, -0.15) is 0 Å². The molecule has 102 valence electrons. The van der Waals surface area contributed by atoms with Crippen LogP contribution in [0.15, 0.2) is 24.3 Å². The number of guanidine groups is 1. The number of hydrazine groups is 1. The lowest BCUT2D eigenvalue weighted by molar-refractivity contribution is 0.0392. The number of nitrogens with zero attached hydrogens (tertiary/aromatic N) is 2. The van der Waals surface area contributed by atoms with Crippen LogP contribution in [-0.2, 0) is 4.74 Å². The number of nitrogens with two attached hydrogens (primary N) is 1. The Hall–Kier alpha value is -2.12. The minimum absolute atomic E-state index is 0.107. The van der Waals surface area contributed by atoms with Gasteiger partial charge in [-0.3, -0.25) is 5.41 Å². The molecule has 1 aliphatic heterocycles. The SMILES string of the molecule is N=C(N)N(c1ccc(C(=O)O)cc1)N1CCOCC1. The molecule has 0 saturated carbocycles. The summed E-state index contributed by atoms with van der Waals surface area (Å²) in [5.74, 6) is -1.09. The van der Waals surface area contributed by atoms with E-state index in [2.05, 4.69) is 0 Å². The van der Waals surface area contributed by atoms with Crippen LogP contribution < -0.4 is 10.7 Å². The van der Waals surface area contributed by atoms with Crippen molar-refractivity contribution in [2.24, 2.45) is 5.73 Å². The molecular formula is C12H16N4O3. The van der Waals surface area contributed by atoms with E-state index < -0.39 is 5.97 Å². The quantitative estimate of drug-likeness (QED) is 0.537. The molecule has 0 aliphatic carbocycles. The maximum atomic E-state index is 10.8. The van der Waals surface area contributed by atoms with E-state index in [1.165, 1.54) is 12.1 Å². The number of hydrogen-bond acceptors (Lipinski definition) is 4. The number of nitrogens with one attached hydrogen (secondary N) is 1. The second kappa shape index (κ2) is 5.68. The lowest BCUT2D eigenvalue weighted by Gasteiger charge is -2.37. The Labute approximate surface area is 110 Å². The average molecular weight is 264 g/mol. The molecule has 1 aromatic carbocycles. The molecule has 1 saturated heterocycles. The Kier molecular flexibility index (Phi) is 3.98. The lowest BCUT2D eigenvalue weighted by atomic mass is 10.2. The predicted octanol–water partition coefficient (Wildman–Crippen LogP) is 0.332. The van der Waals surface area contributed by atoms with Crippen LogP contribution in [0, 0.1) is 5.41 Å². The van der Waals surface area contributed by atoms with Crippen LogP contribution >= 0.6 is 0 Å². The predicted molar refractivity (Wildman–Crippen MR) is 70.2 cm³/mol. The Balaban J connectivity index is 2.23. The van der Waals surface area contributed by atoms with Crippen LogP contribution in [0.25, 0.3) is 0 Å². The Morgan fingerprint density at radius 1 is 1.32 bits per heavy atom. The molecule has 7 heteroatoms. The topological polar surface area (TPSA) is 103 Å². The molecule has 19 heavy (non-hydrogen) atoms. The zero-order valence-electron chi connectivity index (χ0n) is 10.4. The van der Waals surface area contributed by atoms with Gasteiger partial charge in [-0.15, -0.1) is 0 Å². The number of hydrogen-bond donors (Lipinski definition) is 3. The van der Waals surface area contributed by atoms with Gasteiger partial charge in [0.05, 0.1) is 24.5 Å². The number of aromatic carboxylic acids is 1. The average Bonchev–Trinajstić information content (AvgIpc) is 2.40. The van der Waals surface area contributed by atoms with E-state index >= 15 is 0 Å². The number of ether oxygens (including phenoxy) is 1. The van der Waals surface area contributed by atoms with Gasteiger partial charge in [0.2, 0.25) is 5.96 Å². The molecule has 0 atom stereocenters. The summed E-state index contributed by atoms with van der Waals surface area (Å²) >= 11 is 0. The fraction of sp³-hybridized carbons (Fsp3) is 0.333. The summed E-state index contributed by atoms with van der Waals surface area (Å²) in [5.41, 5.74) is 6.48. The highest BCUT2D eigenvalue weighted by Crippen LogP contribution is 2.18. The molecule has 1 fully saturated rings. The summed E-state index contributed by atoms with van der Waals surface area (Å²) in [6.07, 6.45) is 0. The van der Waals surface area contributed by atoms with E-state index in [4.69, 9.17) is 21.0 Å². The van der Waals surface area contributed by atoms with Gasteiger partial charge in [-0.1, -0.05) is 0 Å². The highest BCUT2D eigenvalue weighted by molar-refractivity contribution is 5.93. The van der Waals surface area contributed by atoms with Gasteiger partial charge in [-0.25, -0.2) is 14.8 Å². The van der Waals surface area contributed by atoms with Crippen molar-refractivity contribution in [3.05, 3.63) is 29.8 Å². The molecule has 0 bridgehead atoms. The zero-order valence-corrected chi connectivity index (χ0v) is 10.4. The molecule has 1 aromatic rings. The number of anilines is 1. The summed E-state index contributed by atoms with van der Waals surface area (Å²) in [7, 11) is 0. The van der Waals surface area contributed by atoms with Crippen molar-refractivity contribution in [1.29, 1.82) is 5.41 Å². The summed E-state index contributed by atoms with van der Waals surface area (Å²) in [5, 5.41) is 20.0. The van der Waals surface area contributed by atoms with Crippen molar-refractivity contribution < 1.29 is 14.6 Å². The van der Waals surface area contributed by atoms with Crippen LogP contribution in [0.4, 0.5) is 5.69 Å². The van der Waals surface area contributed by atoms with Gasteiger partial charge in [0.1, 0.15) is 0 Å². The highest BCUT2D eigenvalue weighted by atomic mass is 16.5. The van der Waals surface area contributed by atoms with Crippen molar-refractivity contribution in [2.45, 2.75) is 0 Å². The number of carboxylic acid groups (broad SMARTS) is 1.